The summed E-state index contributed by atoms with van der Waals surface area (Å²) in [6.45, 7) is 13.6. The molecule has 0 fully saturated rings. The molecule has 1 atom stereocenters. The molecule has 3 heterocycles. The summed E-state index contributed by atoms with van der Waals surface area (Å²) in [7, 11) is 0. The van der Waals surface area contributed by atoms with Crippen LogP contribution in [-0.4, -0.2) is 28.9 Å². The van der Waals surface area contributed by atoms with E-state index >= 15 is 0 Å². The van der Waals surface area contributed by atoms with Crippen LogP contribution >= 0.6 is 0 Å². The molecule has 0 saturated carbocycles. The molecule has 0 spiro atoms. The zero-order chi connectivity index (χ0) is 22.0. The van der Waals surface area contributed by atoms with Crippen molar-refractivity contribution < 1.29 is 9.21 Å². The number of aryl methyl sites for hydroxylation is 2. The molecule has 164 valence electrons. The minimum atomic E-state index is -0.0991. The molecular weight excluding hydrogens is 386 g/mol. The number of amides is 1. The third-order valence-electron chi connectivity index (χ3n) is 6.83. The Hall–Kier alpha value is -2.66. The second kappa shape index (κ2) is 9.23. The number of carbonyl (C=O) groups excluding carboxylic acids is 1. The third-order valence-corrected chi connectivity index (χ3v) is 6.83. The molecule has 2 aromatic rings. The van der Waals surface area contributed by atoms with E-state index in [1.165, 1.54) is 29.5 Å². The highest BCUT2D eigenvalue weighted by Crippen LogP contribution is 2.30. The molecular formula is C26H33N3O2. The molecule has 0 aromatic carbocycles. The first-order valence-electron chi connectivity index (χ1n) is 11.3. The summed E-state index contributed by atoms with van der Waals surface area (Å²) in [6, 6.07) is 1.71. The lowest BCUT2D eigenvalue weighted by Gasteiger charge is -2.32. The van der Waals surface area contributed by atoms with Crippen LogP contribution in [0.15, 0.2) is 46.7 Å². The Morgan fingerprint density at radius 3 is 2.87 bits per heavy atom. The van der Waals surface area contributed by atoms with Gasteiger partial charge in [0.05, 0.1) is 11.8 Å². The van der Waals surface area contributed by atoms with E-state index in [4.69, 9.17) is 4.42 Å². The number of hydrogen-bond acceptors (Lipinski definition) is 4. The topological polar surface area (TPSA) is 58.4 Å². The summed E-state index contributed by atoms with van der Waals surface area (Å²) in [5.41, 5.74) is 8.27. The van der Waals surface area contributed by atoms with Crippen LogP contribution in [0.5, 0.6) is 0 Å². The number of pyridine rings is 1. The van der Waals surface area contributed by atoms with E-state index < -0.39 is 0 Å². The van der Waals surface area contributed by atoms with Crippen LogP contribution in [0.3, 0.4) is 0 Å². The van der Waals surface area contributed by atoms with E-state index in [0.29, 0.717) is 23.8 Å². The SMILES string of the molecule is C=C(C)[C@@H]1CC=C(CN2CCc3c(cnc(C)c3CNC(=O)c3ccoc3C)C2)CC1. The Kier molecular flexibility index (Phi) is 6.42. The first-order valence-corrected chi connectivity index (χ1v) is 11.3. The molecule has 0 bridgehead atoms. The van der Waals surface area contributed by atoms with Gasteiger partial charge in [0.1, 0.15) is 5.76 Å². The van der Waals surface area contributed by atoms with Crippen LogP contribution < -0.4 is 5.32 Å². The molecule has 2 aliphatic rings. The first kappa shape index (κ1) is 21.6. The molecule has 4 rings (SSSR count). The fourth-order valence-electron chi connectivity index (χ4n) is 4.80. The Morgan fingerprint density at radius 2 is 2.19 bits per heavy atom. The molecule has 0 saturated heterocycles. The Labute approximate surface area is 185 Å². The van der Waals surface area contributed by atoms with Gasteiger partial charge in [0.25, 0.3) is 5.91 Å². The smallest absolute Gasteiger partial charge is 0.255 e. The van der Waals surface area contributed by atoms with E-state index in [1.807, 2.05) is 13.1 Å². The number of hydrogen-bond donors (Lipinski definition) is 1. The fraction of sp³-hybridized carbons (Fsp3) is 0.462. The number of nitrogens with zero attached hydrogens (tertiary/aromatic N) is 2. The monoisotopic (exact) mass is 419 g/mol. The van der Waals surface area contributed by atoms with Gasteiger partial charge in [-0.15, -0.1) is 0 Å². The number of aromatic nitrogens is 1. The molecule has 0 radical (unpaired) electrons. The Bertz CT molecular complexity index is 1020. The van der Waals surface area contributed by atoms with E-state index in [0.717, 1.165) is 43.7 Å². The lowest BCUT2D eigenvalue weighted by molar-refractivity contribution is 0.0949. The van der Waals surface area contributed by atoms with Gasteiger partial charge < -0.3 is 9.73 Å². The van der Waals surface area contributed by atoms with Gasteiger partial charge in [0.15, 0.2) is 0 Å². The van der Waals surface area contributed by atoms with E-state index in [9.17, 15) is 4.79 Å². The summed E-state index contributed by atoms with van der Waals surface area (Å²) < 4.78 is 5.26. The maximum Gasteiger partial charge on any atom is 0.255 e. The molecule has 1 aliphatic heterocycles. The Morgan fingerprint density at radius 1 is 1.35 bits per heavy atom. The van der Waals surface area contributed by atoms with Gasteiger partial charge in [-0.2, -0.15) is 0 Å². The van der Waals surface area contributed by atoms with Crippen molar-refractivity contribution in [2.24, 2.45) is 5.92 Å². The minimum Gasteiger partial charge on any atom is -0.469 e. The van der Waals surface area contributed by atoms with Gasteiger partial charge in [-0.05, 0) is 75.1 Å². The highest BCUT2D eigenvalue weighted by atomic mass is 16.3. The van der Waals surface area contributed by atoms with Gasteiger partial charge in [-0.3, -0.25) is 14.7 Å². The Balaban J connectivity index is 1.41. The van der Waals surface area contributed by atoms with Crippen LogP contribution in [0.1, 0.15) is 64.7 Å². The number of allylic oxidation sites excluding steroid dienone is 2. The van der Waals surface area contributed by atoms with Crippen LogP contribution in [0, 0.1) is 19.8 Å². The van der Waals surface area contributed by atoms with Gasteiger partial charge >= 0.3 is 0 Å². The summed E-state index contributed by atoms with van der Waals surface area (Å²) in [6.07, 6.45) is 10.5. The van der Waals surface area contributed by atoms with Crippen LogP contribution in [0.25, 0.3) is 0 Å². The van der Waals surface area contributed by atoms with Gasteiger partial charge in [-0.1, -0.05) is 23.8 Å². The molecule has 1 N–H and O–H groups in total. The van der Waals surface area contributed by atoms with Crippen molar-refractivity contribution in [1.29, 1.82) is 0 Å². The van der Waals surface area contributed by atoms with E-state index in [-0.39, 0.29) is 5.91 Å². The highest BCUT2D eigenvalue weighted by molar-refractivity contribution is 5.95. The second-order valence-corrected chi connectivity index (χ2v) is 9.04. The summed E-state index contributed by atoms with van der Waals surface area (Å²) >= 11 is 0. The van der Waals surface area contributed by atoms with Crippen molar-refractivity contribution in [2.45, 2.75) is 59.5 Å². The zero-order valence-corrected chi connectivity index (χ0v) is 19.0. The second-order valence-electron chi connectivity index (χ2n) is 9.04. The van der Waals surface area contributed by atoms with Crippen LogP contribution in [-0.2, 0) is 19.5 Å². The predicted molar refractivity (Wildman–Crippen MR) is 123 cm³/mol. The van der Waals surface area contributed by atoms with Crippen molar-refractivity contribution in [3.63, 3.8) is 0 Å². The predicted octanol–water partition coefficient (Wildman–Crippen LogP) is 4.88. The number of carbonyl (C=O) groups is 1. The minimum absolute atomic E-state index is 0.0991. The van der Waals surface area contributed by atoms with Gasteiger partial charge in [-0.25, -0.2) is 0 Å². The maximum atomic E-state index is 12.5. The van der Waals surface area contributed by atoms with Crippen molar-refractivity contribution in [2.75, 3.05) is 13.1 Å². The summed E-state index contributed by atoms with van der Waals surface area (Å²) in [4.78, 5) is 19.7. The molecule has 0 unspecified atom stereocenters. The number of rotatable bonds is 6. The molecule has 5 nitrogen and oxygen atoms in total. The highest BCUT2D eigenvalue weighted by Gasteiger charge is 2.23. The van der Waals surface area contributed by atoms with Crippen LogP contribution in [0.4, 0.5) is 0 Å². The standard InChI is InChI=1S/C26H33N3O2/c1-17(2)21-7-5-20(6-8-21)15-29-11-9-24-22(16-29)13-27-18(3)25(24)14-28-26(30)23-10-12-31-19(23)4/h5,10,12-13,21H,1,6-9,11,14-16H2,2-4H3,(H,28,30)/t21-/m1/s1. The average molecular weight is 420 g/mol. The van der Waals surface area contributed by atoms with Crippen molar-refractivity contribution >= 4 is 5.91 Å². The largest absolute Gasteiger partial charge is 0.469 e. The summed E-state index contributed by atoms with van der Waals surface area (Å²) in [5.74, 6) is 1.20. The normalized spacial score (nSPS) is 18.9. The maximum absolute atomic E-state index is 12.5. The lowest BCUT2D eigenvalue weighted by Crippen LogP contribution is -2.34. The fourth-order valence-corrected chi connectivity index (χ4v) is 4.80. The lowest BCUT2D eigenvalue weighted by atomic mass is 9.85. The molecule has 31 heavy (non-hydrogen) atoms. The first-order chi connectivity index (χ1) is 14.9. The molecule has 2 aromatic heterocycles. The van der Waals surface area contributed by atoms with Crippen molar-refractivity contribution in [1.82, 2.24) is 15.2 Å². The third kappa shape index (κ3) is 4.82. The summed E-state index contributed by atoms with van der Waals surface area (Å²) in [5, 5.41) is 3.05. The zero-order valence-electron chi connectivity index (χ0n) is 19.0. The van der Waals surface area contributed by atoms with E-state index in [2.05, 4.69) is 34.8 Å². The van der Waals surface area contributed by atoms with E-state index in [1.54, 1.807) is 24.8 Å². The molecule has 1 amide bonds. The van der Waals surface area contributed by atoms with Gasteiger partial charge in [0, 0.05) is 38.1 Å². The average Bonchev–Trinajstić information content (AvgIpc) is 3.19. The quantitative estimate of drug-likeness (QED) is 0.678. The molecule has 5 heteroatoms. The van der Waals surface area contributed by atoms with Crippen molar-refractivity contribution in [3.8, 4) is 0 Å². The number of furan rings is 1. The van der Waals surface area contributed by atoms with Crippen molar-refractivity contribution in [3.05, 3.63) is 76.0 Å². The molecule has 1 aliphatic carbocycles. The van der Waals surface area contributed by atoms with Gasteiger partial charge in [0.2, 0.25) is 0 Å². The number of fused-ring (bicyclic) bond motifs is 1. The number of nitrogens with one attached hydrogen (secondary N) is 1. The van der Waals surface area contributed by atoms with Crippen LogP contribution in [0.2, 0.25) is 0 Å².